The highest BCUT2D eigenvalue weighted by Crippen LogP contribution is 2.12. The van der Waals surface area contributed by atoms with Gasteiger partial charge in [0.15, 0.2) is 5.96 Å². The Labute approximate surface area is 228 Å². The first-order valence-corrected chi connectivity index (χ1v) is 11.9. The highest BCUT2D eigenvalue weighted by atomic mass is 16.4. The fourth-order valence-corrected chi connectivity index (χ4v) is 3.34. The number of aliphatic imine (C=N–C) groups is 1. The minimum Gasteiger partial charge on any atom is -0.508 e. The smallest absolute Gasteiger partial charge is 0.326 e. The second-order valence-electron chi connectivity index (χ2n) is 8.72. The van der Waals surface area contributed by atoms with Gasteiger partial charge < -0.3 is 54.2 Å². The highest BCUT2D eigenvalue weighted by Gasteiger charge is 2.32. The third kappa shape index (κ3) is 12.5. The Morgan fingerprint density at radius 3 is 1.88 bits per heavy atom. The summed E-state index contributed by atoms with van der Waals surface area (Å²) in [5.74, 6) is -7.20. The van der Waals surface area contributed by atoms with Crippen molar-refractivity contribution in [3.05, 3.63) is 29.8 Å². The van der Waals surface area contributed by atoms with Gasteiger partial charge in [0.05, 0.1) is 18.9 Å². The number of carboxylic acid groups (broad SMARTS) is 2. The Kier molecular flexibility index (Phi) is 13.3. The number of hydrogen-bond acceptors (Lipinski definition) is 9. The molecule has 0 saturated heterocycles. The monoisotopic (exact) mass is 566 g/mol. The van der Waals surface area contributed by atoms with Gasteiger partial charge in [-0.15, -0.1) is 0 Å². The lowest BCUT2D eigenvalue weighted by molar-refractivity contribution is -0.147. The fourth-order valence-electron chi connectivity index (χ4n) is 3.34. The van der Waals surface area contributed by atoms with E-state index in [1.165, 1.54) is 24.3 Å². The molecule has 4 amide bonds. The molecule has 1 aromatic carbocycles. The third-order valence-electron chi connectivity index (χ3n) is 5.35. The van der Waals surface area contributed by atoms with Gasteiger partial charge in [-0.25, -0.2) is 4.79 Å². The number of rotatable bonds is 17. The van der Waals surface area contributed by atoms with Crippen LogP contribution in [0.1, 0.15) is 31.2 Å². The first kappa shape index (κ1) is 33.1. The van der Waals surface area contributed by atoms with E-state index in [1.54, 1.807) is 0 Å². The summed E-state index contributed by atoms with van der Waals surface area (Å²) in [7, 11) is 0. The van der Waals surface area contributed by atoms with Crippen LogP contribution in [0.5, 0.6) is 5.75 Å². The van der Waals surface area contributed by atoms with Crippen LogP contribution in [-0.2, 0) is 35.2 Å². The van der Waals surface area contributed by atoms with Crippen molar-refractivity contribution >= 4 is 41.5 Å². The van der Waals surface area contributed by atoms with Gasteiger partial charge in [0.25, 0.3) is 0 Å². The molecule has 0 aromatic heterocycles. The maximum Gasteiger partial charge on any atom is 0.326 e. The molecule has 0 fully saturated rings. The topological polar surface area (TPSA) is 316 Å². The average molecular weight is 567 g/mol. The summed E-state index contributed by atoms with van der Waals surface area (Å²) in [6.07, 6.45) is -1.39. The van der Waals surface area contributed by atoms with Crippen LogP contribution >= 0.6 is 0 Å². The molecule has 4 unspecified atom stereocenters. The van der Waals surface area contributed by atoms with E-state index in [4.69, 9.17) is 28.0 Å². The number of nitrogens with one attached hydrogen (secondary N) is 3. The molecule has 1 aromatic rings. The Hall–Kier alpha value is -4.93. The van der Waals surface area contributed by atoms with Crippen LogP contribution in [0.4, 0.5) is 0 Å². The van der Waals surface area contributed by atoms with Crippen molar-refractivity contribution in [3.63, 3.8) is 0 Å². The molecular weight excluding hydrogens is 532 g/mol. The zero-order valence-electron chi connectivity index (χ0n) is 21.4. The predicted octanol–water partition coefficient (Wildman–Crippen LogP) is -3.80. The van der Waals surface area contributed by atoms with Crippen molar-refractivity contribution in [2.75, 3.05) is 6.54 Å². The number of phenols is 1. The summed E-state index contributed by atoms with van der Waals surface area (Å²) in [6, 6.07) is -0.507. The first-order valence-electron chi connectivity index (χ1n) is 11.9. The van der Waals surface area contributed by atoms with Crippen LogP contribution in [0.15, 0.2) is 29.3 Å². The summed E-state index contributed by atoms with van der Waals surface area (Å²) in [6.45, 7) is 0.196. The number of nitrogens with two attached hydrogens (primary N) is 4. The molecule has 40 heavy (non-hydrogen) atoms. The molecule has 0 spiro atoms. The van der Waals surface area contributed by atoms with Crippen LogP contribution in [-0.4, -0.2) is 87.6 Å². The number of phenolic OH excluding ortho intramolecular Hbond substituents is 1. The summed E-state index contributed by atoms with van der Waals surface area (Å²) >= 11 is 0. The molecule has 0 aliphatic carbocycles. The van der Waals surface area contributed by atoms with Crippen molar-refractivity contribution in [1.82, 2.24) is 16.0 Å². The lowest BCUT2D eigenvalue weighted by Crippen LogP contribution is -2.58. The van der Waals surface area contributed by atoms with Crippen molar-refractivity contribution in [2.24, 2.45) is 27.9 Å². The number of carbonyl (C=O) groups is 6. The molecule has 1 rings (SSSR count). The molecule has 0 heterocycles. The lowest BCUT2D eigenvalue weighted by atomic mass is 10.0. The Morgan fingerprint density at radius 1 is 0.800 bits per heavy atom. The quantitative estimate of drug-likeness (QED) is 0.0493. The molecular formula is C23H34N8O9. The summed E-state index contributed by atoms with van der Waals surface area (Å²) in [5.41, 5.74) is 21.9. The zero-order chi connectivity index (χ0) is 30.4. The molecule has 220 valence electrons. The van der Waals surface area contributed by atoms with Gasteiger partial charge in [-0.3, -0.25) is 29.0 Å². The maximum absolute atomic E-state index is 13.1. The summed E-state index contributed by atoms with van der Waals surface area (Å²) < 4.78 is 0. The number of primary amides is 1. The van der Waals surface area contributed by atoms with Crippen LogP contribution in [0, 0.1) is 0 Å². The number of guanidine groups is 1. The molecule has 17 heteroatoms. The fraction of sp³-hybridized carbons (Fsp3) is 0.435. The normalized spacial score (nSPS) is 13.5. The Morgan fingerprint density at radius 2 is 1.35 bits per heavy atom. The van der Waals surface area contributed by atoms with Gasteiger partial charge in [0, 0.05) is 13.0 Å². The predicted molar refractivity (Wildman–Crippen MR) is 139 cm³/mol. The van der Waals surface area contributed by atoms with E-state index in [0.29, 0.717) is 12.0 Å². The molecule has 0 radical (unpaired) electrons. The molecule has 0 aliphatic rings. The average Bonchev–Trinajstić information content (AvgIpc) is 2.85. The molecule has 14 N–H and O–H groups in total. The summed E-state index contributed by atoms with van der Waals surface area (Å²) in [4.78, 5) is 76.4. The lowest BCUT2D eigenvalue weighted by Gasteiger charge is -2.24. The number of benzene rings is 1. The van der Waals surface area contributed by atoms with E-state index in [9.17, 15) is 39.0 Å². The van der Waals surface area contributed by atoms with Crippen LogP contribution in [0.2, 0.25) is 0 Å². The van der Waals surface area contributed by atoms with Crippen molar-refractivity contribution in [2.45, 2.75) is 56.3 Å². The van der Waals surface area contributed by atoms with Gasteiger partial charge in [0.2, 0.25) is 23.6 Å². The second-order valence-corrected chi connectivity index (χ2v) is 8.72. The second kappa shape index (κ2) is 16.1. The standard InChI is InChI=1S/C23H34N8O9/c24-13(2-1-7-28-23(26)27)19(36)29-15(9-17(25)33)21(38)30-14(8-11-3-5-12(32)6-4-11)20(37)31-16(22(39)40)10-18(34)35/h3-6,13-16,32H,1-2,7-10,24H2,(H2,25,33)(H,29,36)(H,30,38)(H,31,37)(H,34,35)(H,39,40)(H4,26,27,28). The van der Waals surface area contributed by atoms with E-state index in [2.05, 4.69) is 15.6 Å². The van der Waals surface area contributed by atoms with E-state index >= 15 is 0 Å². The van der Waals surface area contributed by atoms with Gasteiger partial charge in [-0.05, 0) is 30.5 Å². The van der Waals surface area contributed by atoms with Crippen LogP contribution in [0.25, 0.3) is 0 Å². The largest absolute Gasteiger partial charge is 0.508 e. The molecule has 17 nitrogen and oxygen atoms in total. The van der Waals surface area contributed by atoms with Gasteiger partial charge in [0.1, 0.15) is 23.9 Å². The zero-order valence-corrected chi connectivity index (χ0v) is 21.4. The minimum absolute atomic E-state index is 0.0833. The number of carbonyl (C=O) groups excluding carboxylic acids is 4. The van der Waals surface area contributed by atoms with E-state index in [1.807, 2.05) is 5.32 Å². The highest BCUT2D eigenvalue weighted by molar-refractivity contribution is 5.96. The van der Waals surface area contributed by atoms with Crippen molar-refractivity contribution in [3.8, 4) is 5.75 Å². The third-order valence-corrected chi connectivity index (χ3v) is 5.35. The van der Waals surface area contributed by atoms with Gasteiger partial charge in [-0.2, -0.15) is 0 Å². The molecule has 4 atom stereocenters. The van der Waals surface area contributed by atoms with Crippen molar-refractivity contribution < 1.29 is 44.1 Å². The number of carboxylic acids is 2. The summed E-state index contributed by atoms with van der Waals surface area (Å²) in [5, 5.41) is 34.4. The number of nitrogens with zero attached hydrogens (tertiary/aromatic N) is 1. The first-order chi connectivity index (χ1) is 18.7. The number of amides is 4. The molecule has 0 bridgehead atoms. The molecule has 0 aliphatic heterocycles. The Bertz CT molecular complexity index is 1110. The van der Waals surface area contributed by atoms with Gasteiger partial charge >= 0.3 is 11.9 Å². The minimum atomic E-state index is -1.82. The SMILES string of the molecule is NC(=O)CC(NC(=O)C(N)CCCN=C(N)N)C(=O)NC(Cc1ccc(O)cc1)C(=O)NC(CC(=O)O)C(=O)O. The van der Waals surface area contributed by atoms with Crippen LogP contribution in [0.3, 0.4) is 0 Å². The van der Waals surface area contributed by atoms with Crippen molar-refractivity contribution in [1.29, 1.82) is 0 Å². The van der Waals surface area contributed by atoms with E-state index in [-0.39, 0.29) is 31.1 Å². The van der Waals surface area contributed by atoms with Gasteiger partial charge in [-0.1, -0.05) is 12.1 Å². The van der Waals surface area contributed by atoms with E-state index in [0.717, 1.165) is 0 Å². The van der Waals surface area contributed by atoms with Crippen LogP contribution < -0.4 is 38.9 Å². The number of aliphatic carboxylic acids is 2. The maximum atomic E-state index is 13.1. The van der Waals surface area contributed by atoms with E-state index < -0.39 is 72.6 Å². The number of hydrogen-bond donors (Lipinski definition) is 10. The number of aromatic hydroxyl groups is 1. The Balaban J connectivity index is 3.10. The molecule has 0 saturated carbocycles.